The van der Waals surface area contributed by atoms with Crippen molar-refractivity contribution in [2.75, 3.05) is 0 Å². The average molecular weight is 303 g/mol. The molecule has 1 aromatic carbocycles. The summed E-state index contributed by atoms with van der Waals surface area (Å²) in [6.07, 6.45) is 7.07. The van der Waals surface area contributed by atoms with Crippen molar-refractivity contribution >= 4 is 15.9 Å². The van der Waals surface area contributed by atoms with Gasteiger partial charge in [-0.3, -0.25) is 0 Å². The first-order valence-corrected chi connectivity index (χ1v) is 7.16. The Morgan fingerprint density at radius 1 is 1.18 bits per heavy atom. The van der Waals surface area contributed by atoms with Crippen molar-refractivity contribution < 1.29 is 8.78 Å². The van der Waals surface area contributed by atoms with Crippen LogP contribution in [-0.4, -0.2) is 4.83 Å². The Labute approximate surface area is 110 Å². The number of alkyl halides is 1. The molecule has 1 aliphatic rings. The molecule has 0 spiro atoms. The smallest absolute Gasteiger partial charge is 0.159 e. The van der Waals surface area contributed by atoms with E-state index in [-0.39, 0.29) is 0 Å². The molecule has 0 bridgehead atoms. The normalized spacial score (nSPS) is 18.5. The molecule has 0 amide bonds. The van der Waals surface area contributed by atoms with Crippen LogP contribution in [0.3, 0.4) is 0 Å². The highest BCUT2D eigenvalue weighted by atomic mass is 79.9. The number of hydrogen-bond acceptors (Lipinski definition) is 0. The van der Waals surface area contributed by atoms with E-state index >= 15 is 0 Å². The van der Waals surface area contributed by atoms with E-state index in [1.54, 1.807) is 6.07 Å². The van der Waals surface area contributed by atoms with Gasteiger partial charge in [0.05, 0.1) is 0 Å². The van der Waals surface area contributed by atoms with Gasteiger partial charge in [-0.05, 0) is 49.3 Å². The Kier molecular flexibility index (Phi) is 4.55. The summed E-state index contributed by atoms with van der Waals surface area (Å²) < 4.78 is 25.8. The van der Waals surface area contributed by atoms with E-state index in [1.807, 2.05) is 0 Å². The van der Waals surface area contributed by atoms with Crippen LogP contribution >= 0.6 is 15.9 Å². The average Bonchev–Trinajstić information content (AvgIpc) is 2.84. The van der Waals surface area contributed by atoms with Crippen LogP contribution in [0, 0.1) is 17.6 Å². The molecule has 0 aromatic heterocycles. The summed E-state index contributed by atoms with van der Waals surface area (Å²) in [5.41, 5.74) is 0.881. The van der Waals surface area contributed by atoms with E-state index in [1.165, 1.54) is 37.8 Å². The summed E-state index contributed by atoms with van der Waals surface area (Å²) in [5, 5.41) is 0. The summed E-state index contributed by atoms with van der Waals surface area (Å²) in [6, 6.07) is 4.19. The first-order chi connectivity index (χ1) is 8.16. The quantitative estimate of drug-likeness (QED) is 0.697. The fraction of sp³-hybridized carbons (Fsp3) is 0.571. The fourth-order valence-corrected chi connectivity index (χ4v) is 3.31. The molecule has 1 unspecified atom stereocenters. The van der Waals surface area contributed by atoms with Gasteiger partial charge in [0.25, 0.3) is 0 Å². The molecule has 0 N–H and O–H groups in total. The summed E-state index contributed by atoms with van der Waals surface area (Å²) in [4.78, 5) is 0.512. The standard InChI is InChI=1S/C14H17BrF2/c15-12(11-3-1-2-4-11)7-5-10-6-8-13(16)14(17)9-10/h6,8-9,11-12H,1-5,7H2. The molecule has 2 rings (SSSR count). The maximum atomic E-state index is 13.0. The topological polar surface area (TPSA) is 0 Å². The third-order valence-corrected chi connectivity index (χ3v) is 4.81. The van der Waals surface area contributed by atoms with E-state index in [0.29, 0.717) is 4.83 Å². The lowest BCUT2D eigenvalue weighted by molar-refractivity contribution is 0.498. The third kappa shape index (κ3) is 3.51. The third-order valence-electron chi connectivity index (χ3n) is 3.60. The molecule has 1 aromatic rings. The highest BCUT2D eigenvalue weighted by molar-refractivity contribution is 9.09. The molecule has 17 heavy (non-hydrogen) atoms. The minimum Gasteiger partial charge on any atom is -0.204 e. The molecule has 0 aliphatic heterocycles. The molecule has 1 atom stereocenters. The van der Waals surface area contributed by atoms with E-state index in [9.17, 15) is 8.78 Å². The molecule has 0 heterocycles. The molecule has 0 radical (unpaired) electrons. The lowest BCUT2D eigenvalue weighted by Gasteiger charge is -2.16. The van der Waals surface area contributed by atoms with Crippen molar-refractivity contribution in [3.05, 3.63) is 35.4 Å². The van der Waals surface area contributed by atoms with E-state index in [4.69, 9.17) is 0 Å². The van der Waals surface area contributed by atoms with E-state index in [2.05, 4.69) is 15.9 Å². The van der Waals surface area contributed by atoms with Gasteiger partial charge in [-0.2, -0.15) is 0 Å². The molecule has 1 fully saturated rings. The van der Waals surface area contributed by atoms with Crippen molar-refractivity contribution in [3.8, 4) is 0 Å². The minimum atomic E-state index is -0.764. The van der Waals surface area contributed by atoms with Crippen LogP contribution in [0.15, 0.2) is 18.2 Å². The Hall–Kier alpha value is -0.440. The number of hydrogen-bond donors (Lipinski definition) is 0. The summed E-state index contributed by atoms with van der Waals surface area (Å²) in [6.45, 7) is 0. The largest absolute Gasteiger partial charge is 0.204 e. The van der Waals surface area contributed by atoms with Crippen molar-refractivity contribution in [2.24, 2.45) is 5.92 Å². The zero-order valence-electron chi connectivity index (χ0n) is 9.76. The predicted molar refractivity (Wildman–Crippen MR) is 69.4 cm³/mol. The molecular weight excluding hydrogens is 286 g/mol. The van der Waals surface area contributed by atoms with Crippen LogP contribution < -0.4 is 0 Å². The van der Waals surface area contributed by atoms with Gasteiger partial charge in [-0.25, -0.2) is 8.78 Å². The Bertz CT molecular complexity index is 372. The van der Waals surface area contributed by atoms with Crippen LogP contribution in [0.1, 0.15) is 37.7 Å². The highest BCUT2D eigenvalue weighted by Crippen LogP contribution is 2.33. The Morgan fingerprint density at radius 3 is 2.53 bits per heavy atom. The lowest BCUT2D eigenvalue weighted by atomic mass is 9.98. The zero-order chi connectivity index (χ0) is 12.3. The summed E-state index contributed by atoms with van der Waals surface area (Å²) in [7, 11) is 0. The van der Waals surface area contributed by atoms with Crippen LogP contribution in [0.25, 0.3) is 0 Å². The number of benzene rings is 1. The van der Waals surface area contributed by atoms with Gasteiger partial charge >= 0.3 is 0 Å². The van der Waals surface area contributed by atoms with Crippen LogP contribution in [0.4, 0.5) is 8.78 Å². The maximum Gasteiger partial charge on any atom is 0.159 e. The van der Waals surface area contributed by atoms with Gasteiger partial charge in [0.2, 0.25) is 0 Å². The van der Waals surface area contributed by atoms with Gasteiger partial charge in [0.15, 0.2) is 11.6 Å². The number of rotatable bonds is 4. The van der Waals surface area contributed by atoms with E-state index < -0.39 is 11.6 Å². The van der Waals surface area contributed by atoms with Crippen LogP contribution in [0.2, 0.25) is 0 Å². The molecule has 1 saturated carbocycles. The first-order valence-electron chi connectivity index (χ1n) is 6.25. The minimum absolute atomic E-state index is 0.512. The monoisotopic (exact) mass is 302 g/mol. The number of aryl methyl sites for hydroxylation is 1. The molecule has 3 heteroatoms. The van der Waals surface area contributed by atoms with Crippen LogP contribution in [-0.2, 0) is 6.42 Å². The fourth-order valence-electron chi connectivity index (χ4n) is 2.55. The predicted octanol–water partition coefficient (Wildman–Crippen LogP) is 4.85. The molecule has 94 valence electrons. The second-order valence-corrected chi connectivity index (χ2v) is 6.02. The summed E-state index contributed by atoms with van der Waals surface area (Å²) in [5.74, 6) is -0.741. The van der Waals surface area contributed by atoms with Crippen molar-refractivity contribution in [1.82, 2.24) is 0 Å². The zero-order valence-corrected chi connectivity index (χ0v) is 11.3. The van der Waals surface area contributed by atoms with Gasteiger partial charge < -0.3 is 0 Å². The summed E-state index contributed by atoms with van der Waals surface area (Å²) >= 11 is 3.73. The van der Waals surface area contributed by atoms with Crippen LogP contribution in [0.5, 0.6) is 0 Å². The lowest BCUT2D eigenvalue weighted by Crippen LogP contribution is -2.11. The van der Waals surface area contributed by atoms with Crippen molar-refractivity contribution in [2.45, 2.75) is 43.4 Å². The molecule has 0 nitrogen and oxygen atoms in total. The molecule has 0 saturated heterocycles. The van der Waals surface area contributed by atoms with Gasteiger partial charge in [0.1, 0.15) is 0 Å². The number of halogens is 3. The highest BCUT2D eigenvalue weighted by Gasteiger charge is 2.22. The van der Waals surface area contributed by atoms with Crippen molar-refractivity contribution in [3.63, 3.8) is 0 Å². The Balaban J connectivity index is 1.86. The van der Waals surface area contributed by atoms with Gasteiger partial charge in [-0.1, -0.05) is 34.8 Å². The van der Waals surface area contributed by atoms with E-state index in [0.717, 1.165) is 24.3 Å². The second-order valence-electron chi connectivity index (χ2n) is 4.85. The SMILES string of the molecule is Fc1ccc(CCC(Br)C2CCCC2)cc1F. The Morgan fingerprint density at radius 2 is 1.88 bits per heavy atom. The van der Waals surface area contributed by atoms with Gasteiger partial charge in [-0.15, -0.1) is 0 Å². The van der Waals surface area contributed by atoms with Gasteiger partial charge in [0, 0.05) is 4.83 Å². The first kappa shape index (κ1) is 13.0. The van der Waals surface area contributed by atoms with Crippen molar-refractivity contribution in [1.29, 1.82) is 0 Å². The molecule has 1 aliphatic carbocycles. The second kappa shape index (κ2) is 5.94. The molecular formula is C14H17BrF2. The maximum absolute atomic E-state index is 13.0.